The average Bonchev–Trinajstić information content (AvgIpc) is 3.23. The fourth-order valence-corrected chi connectivity index (χ4v) is 4.59. The SMILES string of the molecule is CCOc1cc(Cc2cnc(N)nc2N)cc2c1OC1(C=CC1)C=C2c1cccs1. The number of aromatic nitrogens is 2. The van der Waals surface area contributed by atoms with Gasteiger partial charge in [-0.05, 0) is 48.2 Å². The van der Waals surface area contributed by atoms with Gasteiger partial charge in [0.1, 0.15) is 11.4 Å². The number of rotatable bonds is 5. The third kappa shape index (κ3) is 3.21. The standard InChI is InChI=1S/C23H22N4O2S/c1-2-28-18-11-14(9-15-13-26-22(25)27-21(15)24)10-16-17(19-5-3-8-30-19)12-23(6-4-7-23)29-20(16)18/h3-6,8,10-13H,2,7,9H2,1H3,(H4,24,25,26,27). The molecule has 6 nitrogen and oxygen atoms in total. The van der Waals surface area contributed by atoms with E-state index in [-0.39, 0.29) is 5.95 Å². The van der Waals surface area contributed by atoms with Crippen molar-refractivity contribution in [2.75, 3.05) is 18.1 Å². The van der Waals surface area contributed by atoms with Crippen molar-refractivity contribution in [3.05, 3.63) is 75.6 Å². The average molecular weight is 419 g/mol. The van der Waals surface area contributed by atoms with E-state index in [0.29, 0.717) is 18.8 Å². The molecule has 4 N–H and O–H groups in total. The molecule has 1 spiro atoms. The van der Waals surface area contributed by atoms with E-state index in [9.17, 15) is 0 Å². The summed E-state index contributed by atoms with van der Waals surface area (Å²) >= 11 is 1.72. The van der Waals surface area contributed by atoms with E-state index in [1.807, 2.05) is 13.0 Å². The molecule has 1 unspecified atom stereocenters. The van der Waals surface area contributed by atoms with Crippen LogP contribution in [-0.2, 0) is 6.42 Å². The van der Waals surface area contributed by atoms with Crippen LogP contribution in [0.15, 0.2) is 54.1 Å². The van der Waals surface area contributed by atoms with Crippen LogP contribution in [0.2, 0.25) is 0 Å². The van der Waals surface area contributed by atoms with Crippen molar-refractivity contribution >= 4 is 28.7 Å². The van der Waals surface area contributed by atoms with Crippen LogP contribution in [0.4, 0.5) is 11.8 Å². The smallest absolute Gasteiger partial charge is 0.221 e. The van der Waals surface area contributed by atoms with Gasteiger partial charge < -0.3 is 20.9 Å². The minimum Gasteiger partial charge on any atom is -0.490 e. The van der Waals surface area contributed by atoms with Crippen molar-refractivity contribution in [3.63, 3.8) is 0 Å². The van der Waals surface area contributed by atoms with Crippen molar-refractivity contribution in [2.24, 2.45) is 0 Å². The Hall–Kier alpha value is -3.32. The van der Waals surface area contributed by atoms with Gasteiger partial charge in [0, 0.05) is 40.6 Å². The highest BCUT2D eigenvalue weighted by atomic mass is 32.1. The van der Waals surface area contributed by atoms with Gasteiger partial charge >= 0.3 is 0 Å². The lowest BCUT2D eigenvalue weighted by molar-refractivity contribution is 0.145. The summed E-state index contributed by atoms with van der Waals surface area (Å²) in [5, 5.41) is 2.09. The molecule has 152 valence electrons. The molecule has 2 aromatic heterocycles. The van der Waals surface area contributed by atoms with Crippen molar-refractivity contribution in [3.8, 4) is 11.5 Å². The minimum absolute atomic E-state index is 0.173. The number of anilines is 2. The number of nitrogens with zero attached hydrogens (tertiary/aromatic N) is 2. The first kappa shape index (κ1) is 18.7. The summed E-state index contributed by atoms with van der Waals surface area (Å²) in [6.07, 6.45) is 9.57. The zero-order valence-corrected chi connectivity index (χ0v) is 17.4. The van der Waals surface area contributed by atoms with E-state index >= 15 is 0 Å². The monoisotopic (exact) mass is 418 g/mol. The number of nitrogen functional groups attached to an aromatic ring is 2. The highest BCUT2D eigenvalue weighted by molar-refractivity contribution is 7.11. The topological polar surface area (TPSA) is 96.3 Å². The van der Waals surface area contributed by atoms with E-state index in [1.165, 1.54) is 10.5 Å². The maximum atomic E-state index is 6.46. The number of benzene rings is 1. The summed E-state index contributed by atoms with van der Waals surface area (Å²) < 4.78 is 12.5. The van der Waals surface area contributed by atoms with E-state index in [1.54, 1.807) is 17.5 Å². The Labute approximate surface area is 178 Å². The molecule has 1 atom stereocenters. The number of fused-ring (bicyclic) bond motifs is 1. The molecule has 1 aliphatic heterocycles. The molecule has 30 heavy (non-hydrogen) atoms. The summed E-state index contributed by atoms with van der Waals surface area (Å²) in [4.78, 5) is 9.37. The Morgan fingerprint density at radius 2 is 2.17 bits per heavy atom. The third-order valence-corrected chi connectivity index (χ3v) is 6.22. The Kier molecular flexibility index (Phi) is 4.47. The van der Waals surface area contributed by atoms with Gasteiger partial charge in [-0.2, -0.15) is 4.98 Å². The lowest BCUT2D eigenvalue weighted by atomic mass is 9.82. The Morgan fingerprint density at radius 1 is 1.30 bits per heavy atom. The van der Waals surface area contributed by atoms with Crippen LogP contribution < -0.4 is 20.9 Å². The second-order valence-electron chi connectivity index (χ2n) is 7.42. The van der Waals surface area contributed by atoms with Gasteiger partial charge in [-0.3, -0.25) is 0 Å². The molecular weight excluding hydrogens is 396 g/mol. The first-order valence-corrected chi connectivity index (χ1v) is 10.8. The van der Waals surface area contributed by atoms with Gasteiger partial charge in [-0.25, -0.2) is 4.98 Å². The first-order valence-electron chi connectivity index (χ1n) is 9.87. The van der Waals surface area contributed by atoms with Crippen LogP contribution >= 0.6 is 11.3 Å². The highest BCUT2D eigenvalue weighted by Crippen LogP contribution is 2.49. The predicted molar refractivity (Wildman–Crippen MR) is 120 cm³/mol. The molecule has 7 heteroatoms. The number of nitrogens with two attached hydrogens (primary N) is 2. The molecule has 0 amide bonds. The number of thiophene rings is 1. The van der Waals surface area contributed by atoms with E-state index in [0.717, 1.165) is 34.6 Å². The van der Waals surface area contributed by atoms with Gasteiger partial charge in [0.2, 0.25) is 5.95 Å². The van der Waals surface area contributed by atoms with Crippen molar-refractivity contribution in [2.45, 2.75) is 25.4 Å². The normalized spacial score (nSPS) is 19.0. The summed E-state index contributed by atoms with van der Waals surface area (Å²) in [5.74, 6) is 2.09. The molecule has 1 aliphatic carbocycles. The molecular formula is C23H22N4O2S. The molecule has 3 heterocycles. The van der Waals surface area contributed by atoms with Crippen LogP contribution in [0.1, 0.15) is 34.9 Å². The largest absolute Gasteiger partial charge is 0.490 e. The van der Waals surface area contributed by atoms with Gasteiger partial charge in [-0.15, -0.1) is 11.3 Å². The molecule has 0 radical (unpaired) electrons. The van der Waals surface area contributed by atoms with Crippen molar-refractivity contribution in [1.29, 1.82) is 0 Å². The quantitative estimate of drug-likeness (QED) is 0.603. The third-order valence-electron chi connectivity index (χ3n) is 5.32. The Bertz CT molecular complexity index is 1170. The number of ether oxygens (including phenoxy) is 2. The molecule has 0 saturated carbocycles. The zero-order chi connectivity index (χ0) is 20.7. The maximum absolute atomic E-state index is 6.46. The van der Waals surface area contributed by atoms with Gasteiger partial charge in [0.25, 0.3) is 0 Å². The van der Waals surface area contributed by atoms with E-state index in [2.05, 4.69) is 51.8 Å². The second-order valence-corrected chi connectivity index (χ2v) is 8.37. The number of hydrogen-bond donors (Lipinski definition) is 2. The first-order chi connectivity index (χ1) is 14.6. The van der Waals surface area contributed by atoms with Gasteiger partial charge in [0.05, 0.1) is 6.61 Å². The maximum Gasteiger partial charge on any atom is 0.221 e. The second kappa shape index (κ2) is 7.18. The summed E-state index contributed by atoms with van der Waals surface area (Å²) in [7, 11) is 0. The molecule has 5 rings (SSSR count). The Morgan fingerprint density at radius 3 is 2.83 bits per heavy atom. The summed E-state index contributed by atoms with van der Waals surface area (Å²) in [6.45, 7) is 2.52. The van der Waals surface area contributed by atoms with Gasteiger partial charge in [0.15, 0.2) is 11.5 Å². The van der Waals surface area contributed by atoms with Crippen molar-refractivity contribution < 1.29 is 9.47 Å². The molecule has 3 aromatic rings. The lowest BCUT2D eigenvalue weighted by Gasteiger charge is -2.39. The fraction of sp³-hybridized carbons (Fsp3) is 0.217. The minimum atomic E-state index is -0.394. The van der Waals surface area contributed by atoms with Crippen LogP contribution in [0, 0.1) is 0 Å². The number of hydrogen-bond acceptors (Lipinski definition) is 7. The predicted octanol–water partition coefficient (Wildman–Crippen LogP) is 4.21. The Balaban J connectivity index is 1.64. The fourth-order valence-electron chi connectivity index (χ4n) is 3.83. The van der Waals surface area contributed by atoms with Crippen LogP contribution in [0.25, 0.3) is 5.57 Å². The molecule has 2 aliphatic rings. The van der Waals surface area contributed by atoms with Gasteiger partial charge in [-0.1, -0.05) is 12.1 Å². The van der Waals surface area contributed by atoms with E-state index in [4.69, 9.17) is 20.9 Å². The van der Waals surface area contributed by atoms with Crippen molar-refractivity contribution in [1.82, 2.24) is 9.97 Å². The summed E-state index contributed by atoms with van der Waals surface area (Å²) in [5.41, 5.74) is 15.4. The molecule has 1 aromatic carbocycles. The van der Waals surface area contributed by atoms with E-state index < -0.39 is 5.60 Å². The zero-order valence-electron chi connectivity index (χ0n) is 16.6. The van der Waals surface area contributed by atoms with Crippen LogP contribution in [0.3, 0.4) is 0 Å². The summed E-state index contributed by atoms with van der Waals surface area (Å²) in [6, 6.07) is 8.37. The molecule has 0 bridgehead atoms. The van der Waals surface area contributed by atoms with Crippen LogP contribution in [-0.4, -0.2) is 22.2 Å². The molecule has 0 fully saturated rings. The highest BCUT2D eigenvalue weighted by Gasteiger charge is 2.38. The van der Waals surface area contributed by atoms with Crippen LogP contribution in [0.5, 0.6) is 11.5 Å². The molecule has 0 saturated heterocycles. The lowest BCUT2D eigenvalue weighted by Crippen LogP contribution is -2.38.